The van der Waals surface area contributed by atoms with Gasteiger partial charge < -0.3 is 10.2 Å². The lowest BCUT2D eigenvalue weighted by atomic mass is 9.78. The molecule has 1 atom stereocenters. The van der Waals surface area contributed by atoms with Crippen LogP contribution in [-0.2, 0) is 0 Å². The predicted octanol–water partition coefficient (Wildman–Crippen LogP) is 3.55. The maximum Gasteiger partial charge on any atom is 0.0426 e. The van der Waals surface area contributed by atoms with E-state index in [2.05, 4.69) is 36.2 Å². The molecule has 0 saturated carbocycles. The van der Waals surface area contributed by atoms with E-state index in [-0.39, 0.29) is 5.54 Å². The standard InChI is InChI=1S/C15H23ClN2/c1-15(2)12(11-17-3)6-5-9-18(15)14-8-4-7-13(16)10-14/h4,7-8,10,12,17H,5-6,9,11H2,1-3H3. The Morgan fingerprint density at radius 3 is 2.89 bits per heavy atom. The van der Waals surface area contributed by atoms with Crippen molar-refractivity contribution in [1.82, 2.24) is 5.32 Å². The highest BCUT2D eigenvalue weighted by atomic mass is 35.5. The predicted molar refractivity (Wildman–Crippen MR) is 79.5 cm³/mol. The molecule has 2 nitrogen and oxygen atoms in total. The lowest BCUT2D eigenvalue weighted by Gasteiger charge is -2.49. The molecule has 0 bridgehead atoms. The second-order valence-corrected chi connectivity index (χ2v) is 6.12. The Balaban J connectivity index is 2.26. The zero-order valence-electron chi connectivity index (χ0n) is 11.5. The Hall–Kier alpha value is -0.730. The summed E-state index contributed by atoms with van der Waals surface area (Å²) in [6.07, 6.45) is 2.55. The monoisotopic (exact) mass is 266 g/mol. The van der Waals surface area contributed by atoms with E-state index in [0.29, 0.717) is 5.92 Å². The van der Waals surface area contributed by atoms with Crippen LogP contribution < -0.4 is 10.2 Å². The fourth-order valence-electron chi connectivity index (χ4n) is 3.06. The van der Waals surface area contributed by atoms with Crippen LogP contribution in [0.5, 0.6) is 0 Å². The Morgan fingerprint density at radius 2 is 2.22 bits per heavy atom. The van der Waals surface area contributed by atoms with Crippen molar-refractivity contribution in [3.8, 4) is 0 Å². The fraction of sp³-hybridized carbons (Fsp3) is 0.600. The van der Waals surface area contributed by atoms with Crippen LogP contribution in [0.1, 0.15) is 26.7 Å². The van der Waals surface area contributed by atoms with Crippen molar-refractivity contribution in [3.63, 3.8) is 0 Å². The summed E-state index contributed by atoms with van der Waals surface area (Å²) in [6.45, 7) is 6.88. The number of nitrogens with zero attached hydrogens (tertiary/aromatic N) is 1. The number of hydrogen-bond acceptors (Lipinski definition) is 2. The number of benzene rings is 1. The molecule has 18 heavy (non-hydrogen) atoms. The van der Waals surface area contributed by atoms with Crippen LogP contribution >= 0.6 is 11.6 Å². The third-order valence-electron chi connectivity index (χ3n) is 4.20. The summed E-state index contributed by atoms with van der Waals surface area (Å²) in [6, 6.07) is 8.21. The summed E-state index contributed by atoms with van der Waals surface area (Å²) < 4.78 is 0. The van der Waals surface area contributed by atoms with Crippen LogP contribution in [0.25, 0.3) is 0 Å². The SMILES string of the molecule is CNCC1CCCN(c2cccc(Cl)c2)C1(C)C. The highest BCUT2D eigenvalue weighted by Gasteiger charge is 2.38. The van der Waals surface area contributed by atoms with Gasteiger partial charge in [0.25, 0.3) is 0 Å². The first-order valence-electron chi connectivity index (χ1n) is 6.73. The van der Waals surface area contributed by atoms with E-state index in [0.717, 1.165) is 18.1 Å². The lowest BCUT2D eigenvalue weighted by molar-refractivity contribution is 0.235. The molecule has 1 unspecified atom stereocenters. The highest BCUT2D eigenvalue weighted by Crippen LogP contribution is 2.37. The van der Waals surface area contributed by atoms with Gasteiger partial charge in [0.15, 0.2) is 0 Å². The van der Waals surface area contributed by atoms with E-state index in [9.17, 15) is 0 Å². The Bertz CT molecular complexity index is 401. The number of halogens is 1. The average Bonchev–Trinajstić information content (AvgIpc) is 2.31. The second kappa shape index (κ2) is 5.50. The summed E-state index contributed by atoms with van der Waals surface area (Å²) in [5.41, 5.74) is 1.42. The Kier molecular flexibility index (Phi) is 4.18. The quantitative estimate of drug-likeness (QED) is 0.900. The summed E-state index contributed by atoms with van der Waals surface area (Å²) >= 11 is 6.12. The zero-order valence-corrected chi connectivity index (χ0v) is 12.3. The Morgan fingerprint density at radius 1 is 1.44 bits per heavy atom. The summed E-state index contributed by atoms with van der Waals surface area (Å²) in [7, 11) is 2.04. The zero-order chi connectivity index (χ0) is 13.2. The van der Waals surface area contributed by atoms with Crippen LogP contribution in [0.3, 0.4) is 0 Å². The minimum atomic E-state index is 0.173. The average molecular weight is 267 g/mol. The molecule has 2 rings (SSSR count). The largest absolute Gasteiger partial charge is 0.366 e. The molecule has 0 aliphatic carbocycles. The van der Waals surface area contributed by atoms with Crippen molar-refractivity contribution < 1.29 is 0 Å². The molecule has 0 aromatic heterocycles. The van der Waals surface area contributed by atoms with Gasteiger partial charge >= 0.3 is 0 Å². The lowest BCUT2D eigenvalue weighted by Crippen LogP contribution is -2.55. The van der Waals surface area contributed by atoms with Crippen molar-refractivity contribution in [2.24, 2.45) is 5.92 Å². The molecule has 0 radical (unpaired) electrons. The number of hydrogen-bond donors (Lipinski definition) is 1. The van der Waals surface area contributed by atoms with Gasteiger partial charge in [-0.05, 0) is 64.4 Å². The van der Waals surface area contributed by atoms with Gasteiger partial charge in [0.2, 0.25) is 0 Å². The molecular weight excluding hydrogens is 244 g/mol. The van der Waals surface area contributed by atoms with Gasteiger partial charge in [0.1, 0.15) is 0 Å². The van der Waals surface area contributed by atoms with E-state index in [1.54, 1.807) is 0 Å². The molecule has 1 aromatic rings. The highest BCUT2D eigenvalue weighted by molar-refractivity contribution is 6.30. The van der Waals surface area contributed by atoms with Crippen LogP contribution in [0.4, 0.5) is 5.69 Å². The molecule has 0 spiro atoms. The van der Waals surface area contributed by atoms with Gasteiger partial charge in [0.05, 0.1) is 0 Å². The van der Waals surface area contributed by atoms with Gasteiger partial charge in [-0.15, -0.1) is 0 Å². The maximum atomic E-state index is 6.12. The topological polar surface area (TPSA) is 15.3 Å². The number of nitrogens with one attached hydrogen (secondary N) is 1. The van der Waals surface area contributed by atoms with Crippen LogP contribution in [0.2, 0.25) is 5.02 Å². The van der Waals surface area contributed by atoms with Crippen LogP contribution in [0.15, 0.2) is 24.3 Å². The van der Waals surface area contributed by atoms with E-state index in [1.165, 1.54) is 18.5 Å². The normalized spacial score (nSPS) is 23.1. The third kappa shape index (κ3) is 2.65. The van der Waals surface area contributed by atoms with Gasteiger partial charge in [-0.25, -0.2) is 0 Å². The molecule has 0 amide bonds. The summed E-state index contributed by atoms with van der Waals surface area (Å²) in [5, 5.41) is 4.14. The van der Waals surface area contributed by atoms with Gasteiger partial charge in [0, 0.05) is 22.8 Å². The fourth-order valence-corrected chi connectivity index (χ4v) is 3.25. The molecule has 1 N–H and O–H groups in total. The molecule has 1 fully saturated rings. The molecule has 3 heteroatoms. The van der Waals surface area contributed by atoms with Crippen molar-refractivity contribution in [1.29, 1.82) is 0 Å². The van der Waals surface area contributed by atoms with E-state index >= 15 is 0 Å². The van der Waals surface area contributed by atoms with E-state index < -0.39 is 0 Å². The third-order valence-corrected chi connectivity index (χ3v) is 4.43. The first-order chi connectivity index (χ1) is 8.55. The van der Waals surface area contributed by atoms with Crippen LogP contribution in [0, 0.1) is 5.92 Å². The molecule has 1 aromatic carbocycles. The molecule has 100 valence electrons. The van der Waals surface area contributed by atoms with Crippen molar-refractivity contribution >= 4 is 17.3 Å². The van der Waals surface area contributed by atoms with E-state index in [1.807, 2.05) is 19.2 Å². The van der Waals surface area contributed by atoms with Crippen molar-refractivity contribution in [2.45, 2.75) is 32.2 Å². The van der Waals surface area contributed by atoms with Crippen LogP contribution in [-0.4, -0.2) is 25.7 Å². The van der Waals surface area contributed by atoms with Gasteiger partial charge in [-0.1, -0.05) is 17.7 Å². The molecule has 1 heterocycles. The molecular formula is C15H23ClN2. The number of rotatable bonds is 3. The van der Waals surface area contributed by atoms with Gasteiger partial charge in [-0.2, -0.15) is 0 Å². The number of anilines is 1. The summed E-state index contributed by atoms with van der Waals surface area (Å²) in [4.78, 5) is 2.50. The maximum absolute atomic E-state index is 6.12. The second-order valence-electron chi connectivity index (χ2n) is 5.68. The molecule has 1 aliphatic rings. The smallest absolute Gasteiger partial charge is 0.0426 e. The number of piperidine rings is 1. The van der Waals surface area contributed by atoms with E-state index in [4.69, 9.17) is 11.6 Å². The van der Waals surface area contributed by atoms with Gasteiger partial charge in [-0.3, -0.25) is 0 Å². The molecule has 1 aliphatic heterocycles. The van der Waals surface area contributed by atoms with Crippen molar-refractivity contribution in [3.05, 3.63) is 29.3 Å². The minimum Gasteiger partial charge on any atom is -0.366 e. The summed E-state index contributed by atoms with van der Waals surface area (Å²) in [5.74, 6) is 0.676. The first-order valence-corrected chi connectivity index (χ1v) is 7.11. The Labute approximate surface area is 115 Å². The van der Waals surface area contributed by atoms with Crippen molar-refractivity contribution in [2.75, 3.05) is 25.0 Å². The first kappa shape index (κ1) is 13.7. The minimum absolute atomic E-state index is 0.173. The molecule has 1 saturated heterocycles.